The molecule has 77 heavy (non-hydrogen) atoms. The summed E-state index contributed by atoms with van der Waals surface area (Å²) in [6, 6.07) is 84.7. The van der Waals surface area contributed by atoms with Crippen molar-refractivity contribution < 1.29 is 4.42 Å². The molecule has 16 rings (SSSR count). The molecule has 366 valence electrons. The van der Waals surface area contributed by atoms with Gasteiger partial charge in [-0.15, -0.1) is 0 Å². The lowest BCUT2D eigenvalue weighted by molar-refractivity contribution is 0.659. The SMILES string of the molecule is CC1(C)c2ccccc2-c2ccc(N(c3ccc4c(c3)C(C)(C)c3ccccc3-4)c3ccc4c(c3)C(C)(C)c3cc(-c5cc6c7ccccc7c(-c7ccc8oc9ccccc9c8c7)cc6c6ccccc56)ccc3-4)cc21. The number of hydrogen-bond donors (Lipinski definition) is 0. The van der Waals surface area contributed by atoms with Crippen LogP contribution in [0.2, 0.25) is 0 Å². The van der Waals surface area contributed by atoms with Gasteiger partial charge in [0.05, 0.1) is 0 Å². The van der Waals surface area contributed by atoms with Crippen LogP contribution >= 0.6 is 0 Å². The van der Waals surface area contributed by atoms with E-state index >= 15 is 0 Å². The first kappa shape index (κ1) is 44.3. The Morgan fingerprint density at radius 2 is 0.610 bits per heavy atom. The molecule has 0 saturated carbocycles. The summed E-state index contributed by atoms with van der Waals surface area (Å²) in [5.74, 6) is 0. The normalized spacial score (nSPS) is 14.9. The smallest absolute Gasteiger partial charge is 0.135 e. The van der Waals surface area contributed by atoms with Crippen LogP contribution in [0.3, 0.4) is 0 Å². The highest BCUT2D eigenvalue weighted by Gasteiger charge is 2.40. The summed E-state index contributed by atoms with van der Waals surface area (Å²) in [4.78, 5) is 2.53. The fourth-order valence-corrected chi connectivity index (χ4v) is 14.5. The summed E-state index contributed by atoms with van der Waals surface area (Å²) >= 11 is 0. The number of hydrogen-bond acceptors (Lipinski definition) is 2. The van der Waals surface area contributed by atoms with Gasteiger partial charge in [0.25, 0.3) is 0 Å². The lowest BCUT2D eigenvalue weighted by Crippen LogP contribution is -2.19. The van der Waals surface area contributed by atoms with Crippen molar-refractivity contribution in [3.8, 4) is 55.6 Å². The molecule has 0 aliphatic heterocycles. The Morgan fingerprint density at radius 3 is 1.13 bits per heavy atom. The van der Waals surface area contributed by atoms with Crippen LogP contribution in [-0.2, 0) is 16.2 Å². The Labute approximate surface area is 449 Å². The number of anilines is 3. The predicted molar refractivity (Wildman–Crippen MR) is 324 cm³/mol. The van der Waals surface area contributed by atoms with E-state index in [2.05, 4.69) is 265 Å². The molecule has 0 amide bonds. The van der Waals surface area contributed by atoms with Gasteiger partial charge in [0, 0.05) is 44.1 Å². The molecule has 12 aromatic carbocycles. The number of nitrogens with zero attached hydrogens (tertiary/aromatic N) is 1. The molecule has 3 aliphatic rings. The molecule has 0 N–H and O–H groups in total. The van der Waals surface area contributed by atoms with Gasteiger partial charge in [0.1, 0.15) is 11.2 Å². The topological polar surface area (TPSA) is 16.4 Å². The largest absolute Gasteiger partial charge is 0.456 e. The highest BCUT2D eigenvalue weighted by atomic mass is 16.3. The lowest BCUT2D eigenvalue weighted by atomic mass is 9.80. The third-order valence-electron chi connectivity index (χ3n) is 18.4. The van der Waals surface area contributed by atoms with Crippen LogP contribution in [0.4, 0.5) is 17.1 Å². The Kier molecular flexibility index (Phi) is 8.96. The average molecular weight is 986 g/mol. The molecule has 1 aromatic heterocycles. The number of furan rings is 1. The molecule has 2 heteroatoms. The molecule has 2 nitrogen and oxygen atoms in total. The zero-order valence-corrected chi connectivity index (χ0v) is 44.2. The molecular formula is C75H55NO. The van der Waals surface area contributed by atoms with Crippen LogP contribution < -0.4 is 4.90 Å². The second kappa shape index (κ2) is 15.6. The van der Waals surface area contributed by atoms with Gasteiger partial charge in [-0.25, -0.2) is 0 Å². The zero-order valence-electron chi connectivity index (χ0n) is 44.2. The molecule has 0 radical (unpaired) electrons. The Bertz CT molecular complexity index is 4620. The van der Waals surface area contributed by atoms with Gasteiger partial charge >= 0.3 is 0 Å². The van der Waals surface area contributed by atoms with Gasteiger partial charge in [-0.05, 0) is 194 Å². The average Bonchev–Trinajstić information content (AvgIpc) is 4.22. The van der Waals surface area contributed by atoms with Crippen LogP contribution in [0, 0.1) is 0 Å². The first-order chi connectivity index (χ1) is 37.4. The number of rotatable bonds is 5. The molecule has 0 fully saturated rings. The van der Waals surface area contributed by atoms with Crippen molar-refractivity contribution in [3.63, 3.8) is 0 Å². The van der Waals surface area contributed by atoms with Crippen molar-refractivity contribution in [2.75, 3.05) is 4.90 Å². The van der Waals surface area contributed by atoms with E-state index in [9.17, 15) is 0 Å². The minimum atomic E-state index is -0.277. The maximum absolute atomic E-state index is 6.27. The van der Waals surface area contributed by atoms with Crippen molar-refractivity contribution in [2.45, 2.75) is 57.8 Å². The standard InChI is InChI=1S/C75H55NO/c1-73(2)65-24-14-11-21-53(65)56-33-29-46(39-68(56)73)76(47-30-34-57-54-22-12-15-25-66(54)74(3,4)69(57)40-47)48-31-35-58-55-32-27-45(38-67(55)75(5,6)70(58)41-48)61-43-63-51-19-9-7-17-49(51)60(42-62(63)52-20-10-8-18-50(52)61)44-28-36-72-64(37-44)59-23-13-16-26-71(59)77-72/h7-43H,1-6H3. The third-order valence-corrected chi connectivity index (χ3v) is 18.4. The second-order valence-corrected chi connectivity index (χ2v) is 23.6. The van der Waals surface area contributed by atoms with E-state index in [4.69, 9.17) is 4.42 Å². The first-order valence-corrected chi connectivity index (χ1v) is 27.3. The molecule has 3 aliphatic carbocycles. The van der Waals surface area contributed by atoms with Crippen molar-refractivity contribution in [1.29, 1.82) is 0 Å². The minimum absolute atomic E-state index is 0.132. The quantitative estimate of drug-likeness (QED) is 0.160. The predicted octanol–water partition coefficient (Wildman–Crippen LogP) is 20.8. The summed E-state index contributed by atoms with van der Waals surface area (Å²) in [5, 5.41) is 9.81. The van der Waals surface area contributed by atoms with Crippen LogP contribution in [0.5, 0.6) is 0 Å². The van der Waals surface area contributed by atoms with Crippen molar-refractivity contribution in [1.82, 2.24) is 0 Å². The van der Waals surface area contributed by atoms with Gasteiger partial charge < -0.3 is 9.32 Å². The molecule has 1 heterocycles. The summed E-state index contributed by atoms with van der Waals surface area (Å²) in [7, 11) is 0. The zero-order chi connectivity index (χ0) is 51.7. The van der Waals surface area contributed by atoms with E-state index < -0.39 is 0 Å². The van der Waals surface area contributed by atoms with Crippen LogP contribution in [0.1, 0.15) is 74.9 Å². The van der Waals surface area contributed by atoms with Crippen molar-refractivity contribution in [2.24, 2.45) is 0 Å². The highest BCUT2D eigenvalue weighted by molar-refractivity contribution is 6.24. The molecule has 0 unspecified atom stereocenters. The van der Waals surface area contributed by atoms with Gasteiger partial charge in [-0.1, -0.05) is 193 Å². The second-order valence-electron chi connectivity index (χ2n) is 23.6. The lowest BCUT2D eigenvalue weighted by Gasteiger charge is -2.31. The fraction of sp³-hybridized carbons (Fsp3) is 0.120. The molecule has 0 spiro atoms. The maximum Gasteiger partial charge on any atom is 0.135 e. The number of fused-ring (bicyclic) bond motifs is 17. The van der Waals surface area contributed by atoms with E-state index in [1.807, 2.05) is 6.07 Å². The van der Waals surface area contributed by atoms with Crippen molar-refractivity contribution in [3.05, 3.63) is 258 Å². The third kappa shape index (κ3) is 6.13. The van der Waals surface area contributed by atoms with E-state index in [0.29, 0.717) is 0 Å². The van der Waals surface area contributed by atoms with E-state index in [1.54, 1.807) is 0 Å². The minimum Gasteiger partial charge on any atom is -0.456 e. The van der Waals surface area contributed by atoms with E-state index in [1.165, 1.54) is 133 Å². The van der Waals surface area contributed by atoms with Crippen molar-refractivity contribution >= 4 is 71.3 Å². The van der Waals surface area contributed by atoms with Gasteiger partial charge in [0.15, 0.2) is 0 Å². The molecule has 13 aromatic rings. The molecule has 0 bridgehead atoms. The summed E-state index contributed by atoms with van der Waals surface area (Å²) < 4.78 is 6.27. The number of benzene rings is 12. The summed E-state index contributed by atoms with van der Waals surface area (Å²) in [6.45, 7) is 14.4. The van der Waals surface area contributed by atoms with Gasteiger partial charge in [-0.3, -0.25) is 0 Å². The summed E-state index contributed by atoms with van der Waals surface area (Å²) in [6.07, 6.45) is 0. The maximum atomic E-state index is 6.27. The Morgan fingerprint density at radius 1 is 0.247 bits per heavy atom. The van der Waals surface area contributed by atoms with Crippen LogP contribution in [0.25, 0.3) is 110 Å². The Hall–Kier alpha value is -8.98. The van der Waals surface area contributed by atoms with Gasteiger partial charge in [0.2, 0.25) is 0 Å². The summed E-state index contributed by atoms with van der Waals surface area (Å²) in [5.41, 5.74) is 25.9. The van der Waals surface area contributed by atoms with E-state index in [0.717, 1.165) is 27.6 Å². The monoisotopic (exact) mass is 985 g/mol. The molecular weight excluding hydrogens is 931 g/mol. The van der Waals surface area contributed by atoms with Gasteiger partial charge in [-0.2, -0.15) is 0 Å². The van der Waals surface area contributed by atoms with Crippen LogP contribution in [-0.4, -0.2) is 0 Å². The molecule has 0 saturated heterocycles. The Balaban J connectivity index is 0.831. The van der Waals surface area contributed by atoms with Crippen LogP contribution in [0.15, 0.2) is 229 Å². The number of para-hydroxylation sites is 1. The molecule has 0 atom stereocenters. The highest BCUT2D eigenvalue weighted by Crippen LogP contribution is 2.56. The fourth-order valence-electron chi connectivity index (χ4n) is 14.5. The first-order valence-electron chi connectivity index (χ1n) is 27.3. The van der Waals surface area contributed by atoms with E-state index in [-0.39, 0.29) is 16.2 Å².